The Kier molecular flexibility index (Phi) is 5.34. The molecule has 0 spiro atoms. The maximum atomic E-state index is 6.32. The molecule has 0 saturated heterocycles. The minimum absolute atomic E-state index is 0.244. The molecule has 1 fully saturated rings. The van der Waals surface area contributed by atoms with Gasteiger partial charge in [-0.15, -0.1) is 11.8 Å². The van der Waals surface area contributed by atoms with E-state index in [2.05, 4.69) is 20.8 Å². The fourth-order valence-corrected chi connectivity index (χ4v) is 4.63. The quantitative estimate of drug-likeness (QED) is 0.760. The van der Waals surface area contributed by atoms with Gasteiger partial charge in [0.15, 0.2) is 0 Å². The Balaban J connectivity index is 2.12. The van der Waals surface area contributed by atoms with Crippen LogP contribution in [0.15, 0.2) is 23.1 Å². The number of hydrogen-bond donors (Lipinski definition) is 1. The van der Waals surface area contributed by atoms with Gasteiger partial charge in [0.05, 0.1) is 5.02 Å². The highest BCUT2D eigenvalue weighted by Crippen LogP contribution is 2.44. The van der Waals surface area contributed by atoms with Gasteiger partial charge in [-0.1, -0.05) is 44.0 Å². The van der Waals surface area contributed by atoms with E-state index in [0.717, 1.165) is 33.7 Å². The van der Waals surface area contributed by atoms with E-state index < -0.39 is 0 Å². The number of benzene rings is 1. The lowest BCUT2D eigenvalue weighted by molar-refractivity contribution is 0.174. The van der Waals surface area contributed by atoms with Gasteiger partial charge in [0, 0.05) is 21.2 Å². The van der Waals surface area contributed by atoms with Crippen LogP contribution in [0.5, 0.6) is 0 Å². The predicted octanol–water partition coefficient (Wildman–Crippen LogP) is 5.63. The van der Waals surface area contributed by atoms with E-state index in [1.807, 2.05) is 18.2 Å². The van der Waals surface area contributed by atoms with Crippen molar-refractivity contribution < 1.29 is 0 Å². The van der Waals surface area contributed by atoms with Crippen molar-refractivity contribution in [3.05, 3.63) is 28.2 Å². The summed E-state index contributed by atoms with van der Waals surface area (Å²) in [5.41, 5.74) is 6.67. The van der Waals surface area contributed by atoms with Gasteiger partial charge in [-0.2, -0.15) is 0 Å². The van der Waals surface area contributed by atoms with E-state index in [-0.39, 0.29) is 6.04 Å². The highest BCUT2D eigenvalue weighted by molar-refractivity contribution is 8.00. The molecule has 3 unspecified atom stereocenters. The molecule has 0 aliphatic heterocycles. The first-order chi connectivity index (χ1) is 9.27. The average Bonchev–Trinajstić information content (AvgIpc) is 2.35. The summed E-state index contributed by atoms with van der Waals surface area (Å²) in [6.45, 7) is 6.97. The van der Waals surface area contributed by atoms with Crippen molar-refractivity contribution >= 4 is 35.0 Å². The predicted molar refractivity (Wildman–Crippen MR) is 90.9 cm³/mol. The minimum atomic E-state index is 0.244. The first kappa shape index (κ1) is 16.5. The van der Waals surface area contributed by atoms with Crippen LogP contribution in [0.2, 0.25) is 10.0 Å². The second-order valence-electron chi connectivity index (χ2n) is 6.77. The minimum Gasteiger partial charge on any atom is -0.327 e. The monoisotopic (exact) mass is 331 g/mol. The lowest BCUT2D eigenvalue weighted by atomic mass is 9.71. The summed E-state index contributed by atoms with van der Waals surface area (Å²) in [7, 11) is 0. The van der Waals surface area contributed by atoms with Crippen molar-refractivity contribution in [3.63, 3.8) is 0 Å². The Morgan fingerprint density at radius 3 is 2.55 bits per heavy atom. The lowest BCUT2D eigenvalue weighted by Crippen LogP contribution is -2.41. The smallest absolute Gasteiger partial charge is 0.0543 e. The molecule has 4 heteroatoms. The molecule has 1 aliphatic carbocycles. The number of nitrogens with two attached hydrogens (primary N) is 1. The molecule has 2 rings (SSSR count). The Hall–Kier alpha value is 0.110. The third kappa shape index (κ3) is 4.07. The number of hydrogen-bond acceptors (Lipinski definition) is 2. The number of halogens is 2. The second kappa shape index (κ2) is 6.48. The topological polar surface area (TPSA) is 26.0 Å². The van der Waals surface area contributed by atoms with E-state index >= 15 is 0 Å². The van der Waals surface area contributed by atoms with Gasteiger partial charge < -0.3 is 5.73 Å². The van der Waals surface area contributed by atoms with Crippen molar-refractivity contribution in [1.29, 1.82) is 0 Å². The molecule has 1 saturated carbocycles. The molecule has 2 N–H and O–H groups in total. The van der Waals surface area contributed by atoms with Crippen LogP contribution in [0, 0.1) is 11.3 Å². The molecule has 20 heavy (non-hydrogen) atoms. The van der Waals surface area contributed by atoms with E-state index in [4.69, 9.17) is 28.9 Å². The third-order valence-corrected chi connectivity index (χ3v) is 6.35. The van der Waals surface area contributed by atoms with Crippen molar-refractivity contribution in [2.75, 3.05) is 0 Å². The molecule has 112 valence electrons. The molecule has 1 nitrogen and oxygen atoms in total. The first-order valence-corrected chi connectivity index (χ1v) is 8.78. The van der Waals surface area contributed by atoms with Crippen LogP contribution in [0.1, 0.15) is 40.0 Å². The Morgan fingerprint density at radius 1 is 1.20 bits per heavy atom. The van der Waals surface area contributed by atoms with Gasteiger partial charge in [-0.05, 0) is 48.8 Å². The first-order valence-electron chi connectivity index (χ1n) is 7.14. The summed E-state index contributed by atoms with van der Waals surface area (Å²) in [5.74, 6) is 0.720. The van der Waals surface area contributed by atoms with Crippen LogP contribution >= 0.6 is 35.0 Å². The van der Waals surface area contributed by atoms with Crippen LogP contribution in [0.3, 0.4) is 0 Å². The molecule has 0 heterocycles. The summed E-state index contributed by atoms with van der Waals surface area (Å²) in [6.07, 6.45) is 3.47. The maximum Gasteiger partial charge on any atom is 0.0543 e. The van der Waals surface area contributed by atoms with Crippen LogP contribution in [-0.4, -0.2) is 11.3 Å². The van der Waals surface area contributed by atoms with E-state index in [0.29, 0.717) is 10.7 Å². The van der Waals surface area contributed by atoms with Gasteiger partial charge >= 0.3 is 0 Å². The fourth-order valence-electron chi connectivity index (χ4n) is 2.81. The Labute approximate surface area is 136 Å². The van der Waals surface area contributed by atoms with Gasteiger partial charge in [0.2, 0.25) is 0 Å². The van der Waals surface area contributed by atoms with Crippen molar-refractivity contribution in [2.24, 2.45) is 17.1 Å². The summed E-state index contributed by atoms with van der Waals surface area (Å²) in [5, 5.41) is 1.92. The zero-order chi connectivity index (χ0) is 14.9. The summed E-state index contributed by atoms with van der Waals surface area (Å²) < 4.78 is 0. The van der Waals surface area contributed by atoms with Crippen molar-refractivity contribution in [3.8, 4) is 0 Å². The highest BCUT2D eigenvalue weighted by Gasteiger charge is 2.35. The van der Waals surface area contributed by atoms with Crippen LogP contribution in [0.4, 0.5) is 0 Å². The van der Waals surface area contributed by atoms with Crippen LogP contribution < -0.4 is 5.73 Å². The van der Waals surface area contributed by atoms with E-state index in [9.17, 15) is 0 Å². The van der Waals surface area contributed by atoms with Gasteiger partial charge in [0.25, 0.3) is 0 Å². The molecule has 1 aromatic rings. The lowest BCUT2D eigenvalue weighted by Gasteiger charge is -2.40. The highest BCUT2D eigenvalue weighted by atomic mass is 35.5. The fraction of sp³-hybridized carbons (Fsp3) is 0.625. The molecule has 0 aromatic heterocycles. The third-order valence-electron chi connectivity index (χ3n) is 4.24. The zero-order valence-electron chi connectivity index (χ0n) is 12.3. The number of thioether (sulfide) groups is 1. The van der Waals surface area contributed by atoms with Crippen molar-refractivity contribution in [2.45, 2.75) is 56.2 Å². The van der Waals surface area contributed by atoms with Crippen LogP contribution in [-0.2, 0) is 0 Å². The molecular weight excluding hydrogens is 309 g/mol. The molecule has 0 radical (unpaired) electrons. The largest absolute Gasteiger partial charge is 0.327 e. The van der Waals surface area contributed by atoms with Crippen molar-refractivity contribution in [1.82, 2.24) is 0 Å². The van der Waals surface area contributed by atoms with Gasteiger partial charge in [-0.25, -0.2) is 0 Å². The molecule has 0 bridgehead atoms. The zero-order valence-corrected chi connectivity index (χ0v) is 14.7. The average molecular weight is 332 g/mol. The second-order valence-corrected chi connectivity index (χ2v) is 8.90. The van der Waals surface area contributed by atoms with E-state index in [1.54, 1.807) is 11.8 Å². The maximum absolute atomic E-state index is 6.32. The molecule has 0 amide bonds. The Morgan fingerprint density at radius 2 is 1.90 bits per heavy atom. The molecular formula is C16H23Cl2NS. The summed E-state index contributed by atoms with van der Waals surface area (Å²) in [6, 6.07) is 5.88. The molecule has 3 atom stereocenters. The van der Waals surface area contributed by atoms with Gasteiger partial charge in [-0.3, -0.25) is 0 Å². The van der Waals surface area contributed by atoms with Crippen LogP contribution in [0.25, 0.3) is 0 Å². The van der Waals surface area contributed by atoms with Gasteiger partial charge in [0.1, 0.15) is 0 Å². The normalized spacial score (nSPS) is 27.6. The summed E-state index contributed by atoms with van der Waals surface area (Å²) in [4.78, 5) is 1.05. The standard InChI is InChI=1S/C16H23Cl2NS/c1-16(2,3)10-4-7-13(19)15(8-10)20-14-9-11(17)5-6-12(14)18/h5-6,9-10,13,15H,4,7-8,19H2,1-3H3. The summed E-state index contributed by atoms with van der Waals surface area (Å²) >= 11 is 14.1. The Bertz CT molecular complexity index is 470. The molecule has 1 aliphatic rings. The SMILES string of the molecule is CC(C)(C)C1CCC(N)C(Sc2cc(Cl)ccc2Cl)C1. The van der Waals surface area contributed by atoms with E-state index in [1.165, 1.54) is 6.42 Å². The molecule has 1 aromatic carbocycles. The number of rotatable bonds is 2.